The highest BCUT2D eigenvalue weighted by molar-refractivity contribution is 6.05. The summed E-state index contributed by atoms with van der Waals surface area (Å²) in [7, 11) is 1.62. The lowest BCUT2D eigenvalue weighted by molar-refractivity contribution is 0.102. The molecule has 0 saturated carbocycles. The number of nitrogens with zero attached hydrogens (tertiary/aromatic N) is 2. The lowest BCUT2D eigenvalue weighted by atomic mass is 10.2. The Morgan fingerprint density at radius 3 is 2.96 bits per heavy atom. The van der Waals surface area contributed by atoms with Gasteiger partial charge in [0.05, 0.1) is 7.11 Å². The summed E-state index contributed by atoms with van der Waals surface area (Å²) >= 11 is 0. The van der Waals surface area contributed by atoms with Crippen LogP contribution in [-0.2, 0) is 6.54 Å². The zero-order valence-electron chi connectivity index (χ0n) is 13.5. The van der Waals surface area contributed by atoms with Gasteiger partial charge in [-0.1, -0.05) is 13.8 Å². The van der Waals surface area contributed by atoms with Gasteiger partial charge in [0.2, 0.25) is 5.95 Å². The topological polar surface area (TPSA) is 71.9 Å². The van der Waals surface area contributed by atoms with Gasteiger partial charge < -0.3 is 14.3 Å². The average Bonchev–Trinajstić information content (AvgIpc) is 3.12. The van der Waals surface area contributed by atoms with Crippen molar-refractivity contribution in [2.24, 2.45) is 5.92 Å². The van der Waals surface area contributed by atoms with E-state index in [9.17, 15) is 4.79 Å². The van der Waals surface area contributed by atoms with Gasteiger partial charge in [-0.2, -0.15) is 0 Å². The number of carbonyl (C=O) groups is 1. The Morgan fingerprint density at radius 1 is 1.39 bits per heavy atom. The second-order valence-corrected chi connectivity index (χ2v) is 5.89. The number of H-pyrrole nitrogens is 1. The molecule has 120 valence electrons. The van der Waals surface area contributed by atoms with Crippen molar-refractivity contribution in [3.8, 4) is 5.75 Å². The zero-order chi connectivity index (χ0) is 16.4. The van der Waals surface area contributed by atoms with Crippen molar-refractivity contribution in [2.45, 2.75) is 20.4 Å². The highest BCUT2D eigenvalue weighted by atomic mass is 16.5. The summed E-state index contributed by atoms with van der Waals surface area (Å²) in [5.41, 5.74) is 1.35. The molecule has 2 N–H and O–H groups in total. The van der Waals surface area contributed by atoms with Crippen LogP contribution in [0.4, 0.5) is 5.95 Å². The van der Waals surface area contributed by atoms with Gasteiger partial charge in [-0.05, 0) is 24.1 Å². The minimum Gasteiger partial charge on any atom is -0.497 e. The molecule has 2 aromatic heterocycles. The average molecular weight is 312 g/mol. The molecular weight excluding hydrogens is 292 g/mol. The van der Waals surface area contributed by atoms with Crippen LogP contribution in [0.1, 0.15) is 24.3 Å². The summed E-state index contributed by atoms with van der Waals surface area (Å²) in [6.07, 6.45) is 3.56. The number of benzene rings is 1. The molecule has 3 aromatic rings. The van der Waals surface area contributed by atoms with Crippen LogP contribution in [0.15, 0.2) is 36.7 Å². The first-order valence-electron chi connectivity index (χ1n) is 7.56. The molecule has 0 bridgehead atoms. The maximum Gasteiger partial charge on any atom is 0.274 e. The third kappa shape index (κ3) is 3.21. The van der Waals surface area contributed by atoms with Gasteiger partial charge >= 0.3 is 0 Å². The monoisotopic (exact) mass is 312 g/mol. The van der Waals surface area contributed by atoms with Gasteiger partial charge in [0, 0.05) is 35.9 Å². The second kappa shape index (κ2) is 6.16. The van der Waals surface area contributed by atoms with Crippen LogP contribution in [0.3, 0.4) is 0 Å². The van der Waals surface area contributed by atoms with E-state index in [1.807, 2.05) is 35.0 Å². The number of rotatable bonds is 5. The van der Waals surface area contributed by atoms with Crippen LogP contribution in [0.2, 0.25) is 0 Å². The fourth-order valence-electron chi connectivity index (χ4n) is 2.50. The Morgan fingerprint density at radius 2 is 2.22 bits per heavy atom. The van der Waals surface area contributed by atoms with Crippen LogP contribution < -0.4 is 10.1 Å². The lowest BCUT2D eigenvalue weighted by Gasteiger charge is -2.10. The molecule has 0 aliphatic carbocycles. The molecule has 0 unspecified atom stereocenters. The molecule has 0 radical (unpaired) electrons. The van der Waals surface area contributed by atoms with E-state index in [0.717, 1.165) is 23.2 Å². The molecule has 6 nitrogen and oxygen atoms in total. The maximum atomic E-state index is 12.4. The predicted molar refractivity (Wildman–Crippen MR) is 89.9 cm³/mol. The van der Waals surface area contributed by atoms with E-state index in [-0.39, 0.29) is 5.91 Å². The zero-order valence-corrected chi connectivity index (χ0v) is 13.5. The van der Waals surface area contributed by atoms with Gasteiger partial charge in [-0.15, -0.1) is 0 Å². The minimum absolute atomic E-state index is 0.212. The first kappa shape index (κ1) is 15.1. The van der Waals surface area contributed by atoms with E-state index >= 15 is 0 Å². The minimum atomic E-state index is -0.212. The normalized spacial score (nSPS) is 11.1. The second-order valence-electron chi connectivity index (χ2n) is 5.89. The molecule has 6 heteroatoms. The summed E-state index contributed by atoms with van der Waals surface area (Å²) in [5.74, 6) is 1.57. The Bertz CT molecular complexity index is 832. The highest BCUT2D eigenvalue weighted by Crippen LogP contribution is 2.21. The summed E-state index contributed by atoms with van der Waals surface area (Å²) in [6, 6.07) is 7.47. The van der Waals surface area contributed by atoms with Crippen LogP contribution in [0.25, 0.3) is 10.9 Å². The first-order valence-corrected chi connectivity index (χ1v) is 7.56. The van der Waals surface area contributed by atoms with Crippen molar-refractivity contribution < 1.29 is 9.53 Å². The number of aromatic nitrogens is 3. The summed E-state index contributed by atoms with van der Waals surface area (Å²) in [4.78, 5) is 19.8. The number of ether oxygens (including phenoxy) is 1. The fourth-order valence-corrected chi connectivity index (χ4v) is 2.50. The Hall–Kier alpha value is -2.76. The summed E-state index contributed by atoms with van der Waals surface area (Å²) in [5, 5.41) is 3.81. The number of carbonyl (C=O) groups excluding carboxylic acids is 1. The van der Waals surface area contributed by atoms with E-state index in [0.29, 0.717) is 17.6 Å². The molecule has 0 spiro atoms. The fraction of sp³-hybridized carbons (Fsp3) is 0.294. The van der Waals surface area contributed by atoms with E-state index < -0.39 is 0 Å². The number of anilines is 1. The maximum absolute atomic E-state index is 12.4. The van der Waals surface area contributed by atoms with Gasteiger partial charge in [-0.25, -0.2) is 4.98 Å². The predicted octanol–water partition coefficient (Wildman–Crippen LogP) is 3.28. The number of amides is 1. The lowest BCUT2D eigenvalue weighted by Crippen LogP contribution is -2.17. The van der Waals surface area contributed by atoms with Crippen LogP contribution in [0.5, 0.6) is 5.75 Å². The molecule has 0 aliphatic heterocycles. The standard InChI is InChI=1S/C17H20N4O2/c1-11(2)10-21-7-6-18-17(21)20-16(22)15-8-12-4-5-13(23-3)9-14(12)19-15/h4-9,11,19H,10H2,1-3H3,(H,18,20,22). The van der Waals surface area contributed by atoms with Crippen LogP contribution in [0, 0.1) is 5.92 Å². The quantitative estimate of drug-likeness (QED) is 0.759. The Labute approximate surface area is 134 Å². The molecule has 1 amide bonds. The highest BCUT2D eigenvalue weighted by Gasteiger charge is 2.13. The molecule has 23 heavy (non-hydrogen) atoms. The van der Waals surface area contributed by atoms with Gasteiger partial charge in [-0.3, -0.25) is 10.1 Å². The number of methoxy groups -OCH3 is 1. The number of imidazole rings is 1. The molecule has 1 aromatic carbocycles. The largest absolute Gasteiger partial charge is 0.497 e. The molecule has 0 fully saturated rings. The van der Waals surface area contributed by atoms with E-state index in [4.69, 9.17) is 4.74 Å². The number of hydrogen-bond donors (Lipinski definition) is 2. The van der Waals surface area contributed by atoms with E-state index in [1.165, 1.54) is 0 Å². The van der Waals surface area contributed by atoms with E-state index in [2.05, 4.69) is 29.1 Å². The number of hydrogen-bond acceptors (Lipinski definition) is 3. The molecule has 3 rings (SSSR count). The van der Waals surface area contributed by atoms with Gasteiger partial charge in [0.1, 0.15) is 11.4 Å². The third-order valence-corrected chi connectivity index (χ3v) is 3.58. The number of nitrogens with one attached hydrogen (secondary N) is 2. The molecule has 0 saturated heterocycles. The van der Waals surface area contributed by atoms with Crippen molar-refractivity contribution in [3.63, 3.8) is 0 Å². The van der Waals surface area contributed by atoms with E-state index in [1.54, 1.807) is 13.3 Å². The summed E-state index contributed by atoms with van der Waals surface area (Å²) < 4.78 is 7.13. The van der Waals surface area contributed by atoms with Gasteiger partial charge in [0.15, 0.2) is 0 Å². The van der Waals surface area contributed by atoms with Crippen molar-refractivity contribution in [3.05, 3.63) is 42.4 Å². The first-order chi connectivity index (χ1) is 11.1. The van der Waals surface area contributed by atoms with Crippen molar-refractivity contribution in [1.82, 2.24) is 14.5 Å². The molecule has 2 heterocycles. The number of fused-ring (bicyclic) bond motifs is 1. The third-order valence-electron chi connectivity index (χ3n) is 3.58. The smallest absolute Gasteiger partial charge is 0.274 e. The van der Waals surface area contributed by atoms with Crippen molar-refractivity contribution in [1.29, 1.82) is 0 Å². The molecule has 0 aliphatic rings. The van der Waals surface area contributed by atoms with Crippen molar-refractivity contribution in [2.75, 3.05) is 12.4 Å². The Kier molecular flexibility index (Phi) is 4.06. The molecular formula is C17H20N4O2. The van der Waals surface area contributed by atoms with Crippen molar-refractivity contribution >= 4 is 22.8 Å². The SMILES string of the molecule is COc1ccc2cc(C(=O)Nc3nccn3CC(C)C)[nH]c2c1. The molecule has 0 atom stereocenters. The summed E-state index contributed by atoms with van der Waals surface area (Å²) in [6.45, 7) is 5.05. The number of aromatic amines is 1. The van der Waals surface area contributed by atoms with Crippen LogP contribution in [-0.4, -0.2) is 27.6 Å². The van der Waals surface area contributed by atoms with Crippen LogP contribution >= 0.6 is 0 Å². The Balaban J connectivity index is 1.82. The van der Waals surface area contributed by atoms with Gasteiger partial charge in [0.25, 0.3) is 5.91 Å².